The van der Waals surface area contributed by atoms with Gasteiger partial charge in [0.25, 0.3) is 5.95 Å². The number of hydrogen-bond acceptors (Lipinski definition) is 4. The molecule has 4 nitrogen and oxygen atoms in total. The topological polar surface area (TPSA) is 44.8 Å². The van der Waals surface area contributed by atoms with Crippen molar-refractivity contribution in [2.75, 3.05) is 14.2 Å². The number of ether oxygens (including phenoxy) is 3. The summed E-state index contributed by atoms with van der Waals surface area (Å²) in [6, 6.07) is 0. The van der Waals surface area contributed by atoms with Gasteiger partial charge >= 0.3 is 5.97 Å². The maximum atomic E-state index is 10.9. The highest BCUT2D eigenvalue weighted by molar-refractivity contribution is 5.77. The van der Waals surface area contributed by atoms with Crippen LogP contribution in [0.3, 0.4) is 0 Å². The van der Waals surface area contributed by atoms with Crippen molar-refractivity contribution in [2.24, 2.45) is 0 Å². The Morgan fingerprint density at radius 3 is 2.92 bits per heavy atom. The predicted molar refractivity (Wildman–Crippen MR) is 41.1 cm³/mol. The molecule has 4 heteroatoms. The van der Waals surface area contributed by atoms with Gasteiger partial charge in [0.15, 0.2) is 0 Å². The van der Waals surface area contributed by atoms with Crippen molar-refractivity contribution in [3.8, 4) is 0 Å². The van der Waals surface area contributed by atoms with E-state index in [2.05, 4.69) is 4.74 Å². The molecule has 0 aliphatic carbocycles. The van der Waals surface area contributed by atoms with E-state index in [1.807, 2.05) is 0 Å². The van der Waals surface area contributed by atoms with Gasteiger partial charge in [0.05, 0.1) is 14.2 Å². The van der Waals surface area contributed by atoms with E-state index in [9.17, 15) is 4.79 Å². The second kappa shape index (κ2) is 3.80. The molecule has 0 N–H and O–H groups in total. The van der Waals surface area contributed by atoms with Crippen molar-refractivity contribution in [2.45, 2.75) is 6.10 Å². The van der Waals surface area contributed by atoms with Gasteiger partial charge in [0.1, 0.15) is 0 Å². The Balaban J connectivity index is 2.59. The van der Waals surface area contributed by atoms with Crippen molar-refractivity contribution in [3.63, 3.8) is 0 Å². The Morgan fingerprint density at radius 2 is 2.33 bits per heavy atom. The third kappa shape index (κ3) is 1.78. The average molecular weight is 170 g/mol. The number of rotatable bonds is 2. The first-order chi connectivity index (χ1) is 5.77. The standard InChI is InChI=1S/C8H10O4/c1-10-7-5-3-4-6(12-7)8(9)11-2/h3-6H,1-2H3. The first-order valence-corrected chi connectivity index (χ1v) is 3.45. The third-order valence-electron chi connectivity index (χ3n) is 1.40. The maximum Gasteiger partial charge on any atom is 0.351 e. The summed E-state index contributed by atoms with van der Waals surface area (Å²) >= 11 is 0. The highest BCUT2D eigenvalue weighted by atomic mass is 16.7. The summed E-state index contributed by atoms with van der Waals surface area (Å²) in [6.07, 6.45) is 4.22. The molecular formula is C8H10O4. The Bertz CT molecular complexity index is 229. The van der Waals surface area contributed by atoms with Crippen LogP contribution < -0.4 is 0 Å². The average Bonchev–Trinajstić information content (AvgIpc) is 2.17. The number of hydrogen-bond donors (Lipinski definition) is 0. The number of carbonyl (C=O) groups is 1. The minimum absolute atomic E-state index is 0.313. The van der Waals surface area contributed by atoms with Crippen LogP contribution in [0.4, 0.5) is 0 Å². The van der Waals surface area contributed by atoms with Crippen LogP contribution in [0.15, 0.2) is 24.2 Å². The van der Waals surface area contributed by atoms with Crippen LogP contribution in [0.25, 0.3) is 0 Å². The molecule has 66 valence electrons. The summed E-state index contributed by atoms with van der Waals surface area (Å²) in [5.74, 6) is -0.123. The fourth-order valence-corrected chi connectivity index (χ4v) is 0.798. The lowest BCUT2D eigenvalue weighted by molar-refractivity contribution is -0.151. The fraction of sp³-hybridized carbons (Fsp3) is 0.375. The van der Waals surface area contributed by atoms with E-state index in [4.69, 9.17) is 9.47 Å². The van der Waals surface area contributed by atoms with E-state index in [-0.39, 0.29) is 0 Å². The smallest absolute Gasteiger partial charge is 0.351 e. The van der Waals surface area contributed by atoms with Gasteiger partial charge in [-0.1, -0.05) is 6.08 Å². The lowest BCUT2D eigenvalue weighted by Gasteiger charge is -2.16. The molecule has 12 heavy (non-hydrogen) atoms. The molecule has 0 aromatic carbocycles. The zero-order chi connectivity index (χ0) is 8.97. The molecule has 0 fully saturated rings. The van der Waals surface area contributed by atoms with Crippen LogP contribution in [0, 0.1) is 0 Å². The lowest BCUT2D eigenvalue weighted by atomic mass is 10.3. The number of esters is 1. The van der Waals surface area contributed by atoms with Crippen molar-refractivity contribution in [3.05, 3.63) is 24.2 Å². The summed E-state index contributed by atoms with van der Waals surface area (Å²) in [5, 5.41) is 0. The minimum atomic E-state index is -0.685. The summed E-state index contributed by atoms with van der Waals surface area (Å²) < 4.78 is 14.3. The van der Waals surface area contributed by atoms with Gasteiger partial charge in [-0.2, -0.15) is 0 Å². The molecule has 0 bridgehead atoms. The molecule has 0 aromatic heterocycles. The SMILES string of the molecule is COC(=O)C1C=CC=C(OC)O1. The Kier molecular flexibility index (Phi) is 2.74. The second-order valence-corrected chi connectivity index (χ2v) is 2.14. The van der Waals surface area contributed by atoms with Crippen molar-refractivity contribution >= 4 is 5.97 Å². The summed E-state index contributed by atoms with van der Waals surface area (Å²) in [6.45, 7) is 0. The van der Waals surface area contributed by atoms with E-state index in [1.54, 1.807) is 18.2 Å². The van der Waals surface area contributed by atoms with Crippen LogP contribution in [0.1, 0.15) is 0 Å². The summed E-state index contributed by atoms with van der Waals surface area (Å²) in [4.78, 5) is 10.9. The Hall–Kier alpha value is -1.45. The molecule has 0 saturated heterocycles. The maximum absolute atomic E-state index is 10.9. The largest absolute Gasteiger partial charge is 0.469 e. The predicted octanol–water partition coefficient (Wildman–Crippen LogP) is 0.602. The van der Waals surface area contributed by atoms with E-state index < -0.39 is 12.1 Å². The van der Waals surface area contributed by atoms with Crippen LogP contribution in [-0.2, 0) is 19.0 Å². The second-order valence-electron chi connectivity index (χ2n) is 2.14. The van der Waals surface area contributed by atoms with E-state index in [1.165, 1.54) is 14.2 Å². The third-order valence-corrected chi connectivity index (χ3v) is 1.40. The quantitative estimate of drug-likeness (QED) is 0.569. The molecule has 1 aliphatic heterocycles. The van der Waals surface area contributed by atoms with Gasteiger partial charge in [0, 0.05) is 6.08 Å². The zero-order valence-electron chi connectivity index (χ0n) is 6.94. The van der Waals surface area contributed by atoms with Crippen molar-refractivity contribution < 1.29 is 19.0 Å². The summed E-state index contributed by atoms with van der Waals surface area (Å²) in [5.41, 5.74) is 0. The van der Waals surface area contributed by atoms with Crippen molar-refractivity contribution in [1.29, 1.82) is 0 Å². The monoisotopic (exact) mass is 170 g/mol. The molecule has 1 rings (SSSR count). The molecule has 1 unspecified atom stereocenters. The van der Waals surface area contributed by atoms with Gasteiger partial charge < -0.3 is 14.2 Å². The number of allylic oxidation sites excluding steroid dienone is 2. The molecule has 0 saturated carbocycles. The number of carbonyl (C=O) groups excluding carboxylic acids is 1. The molecule has 0 aromatic rings. The molecular weight excluding hydrogens is 160 g/mol. The molecule has 0 amide bonds. The molecule has 1 aliphatic rings. The minimum Gasteiger partial charge on any atom is -0.469 e. The Morgan fingerprint density at radius 1 is 1.58 bits per heavy atom. The van der Waals surface area contributed by atoms with Gasteiger partial charge in [-0.15, -0.1) is 0 Å². The van der Waals surface area contributed by atoms with Gasteiger partial charge in [-0.05, 0) is 6.08 Å². The highest BCUT2D eigenvalue weighted by Gasteiger charge is 2.20. The first kappa shape index (κ1) is 8.64. The van der Waals surface area contributed by atoms with Crippen LogP contribution in [-0.4, -0.2) is 26.3 Å². The van der Waals surface area contributed by atoms with Gasteiger partial charge in [-0.3, -0.25) is 0 Å². The molecule has 0 radical (unpaired) electrons. The highest BCUT2D eigenvalue weighted by Crippen LogP contribution is 2.11. The van der Waals surface area contributed by atoms with E-state index >= 15 is 0 Å². The first-order valence-electron chi connectivity index (χ1n) is 3.45. The van der Waals surface area contributed by atoms with Gasteiger partial charge in [-0.25, -0.2) is 4.79 Å². The fourth-order valence-electron chi connectivity index (χ4n) is 0.798. The molecule has 1 atom stereocenters. The van der Waals surface area contributed by atoms with Crippen LogP contribution in [0.2, 0.25) is 0 Å². The molecule has 0 spiro atoms. The summed E-state index contributed by atoms with van der Waals surface area (Å²) in [7, 11) is 2.78. The molecule has 1 heterocycles. The van der Waals surface area contributed by atoms with Crippen LogP contribution >= 0.6 is 0 Å². The van der Waals surface area contributed by atoms with E-state index in [0.29, 0.717) is 5.95 Å². The normalized spacial score (nSPS) is 20.8. The zero-order valence-corrected chi connectivity index (χ0v) is 6.94. The van der Waals surface area contributed by atoms with Crippen molar-refractivity contribution in [1.82, 2.24) is 0 Å². The van der Waals surface area contributed by atoms with E-state index in [0.717, 1.165) is 0 Å². The number of methoxy groups -OCH3 is 2. The Labute approximate surface area is 70.4 Å². The lowest BCUT2D eigenvalue weighted by Crippen LogP contribution is -2.24. The van der Waals surface area contributed by atoms with Gasteiger partial charge in [0.2, 0.25) is 6.10 Å². The van der Waals surface area contributed by atoms with Crippen LogP contribution in [0.5, 0.6) is 0 Å².